The van der Waals surface area contributed by atoms with Crippen molar-refractivity contribution in [2.75, 3.05) is 13.2 Å². The fourth-order valence-corrected chi connectivity index (χ4v) is 3.17. The van der Waals surface area contributed by atoms with Gasteiger partial charge in [0.05, 0.1) is 13.2 Å². The van der Waals surface area contributed by atoms with E-state index in [0.29, 0.717) is 61.5 Å². The van der Waals surface area contributed by atoms with Crippen LogP contribution >= 0.6 is 0 Å². The smallest absolute Gasteiger partial charge is 0.193 e. The maximum absolute atomic E-state index is 12.8. The summed E-state index contributed by atoms with van der Waals surface area (Å²) in [6.07, 6.45) is 2.32. The highest BCUT2D eigenvalue weighted by Crippen LogP contribution is 2.21. The van der Waals surface area contributed by atoms with Crippen molar-refractivity contribution in [1.29, 1.82) is 0 Å². The third-order valence-corrected chi connectivity index (χ3v) is 5.54. The number of ketones is 3. The second-order valence-corrected chi connectivity index (χ2v) is 10.6. The van der Waals surface area contributed by atoms with E-state index in [-0.39, 0.29) is 28.2 Å². The number of carbonyl (C=O) groups excluding carboxylic acids is 3. The Labute approximate surface area is 203 Å². The molecule has 0 atom stereocenters. The number of hydrogen-bond acceptors (Lipinski definition) is 5. The lowest BCUT2D eigenvalue weighted by atomic mass is 9.88. The van der Waals surface area contributed by atoms with Crippen LogP contribution in [-0.2, 0) is 9.59 Å². The summed E-state index contributed by atoms with van der Waals surface area (Å²) in [6.45, 7) is 12.4. The Morgan fingerprint density at radius 1 is 0.588 bits per heavy atom. The minimum absolute atomic E-state index is 0.0790. The number of ether oxygens (including phenoxy) is 2. The molecule has 2 aromatic carbocycles. The predicted octanol–water partition coefficient (Wildman–Crippen LogP) is 6.47. The largest absolute Gasteiger partial charge is 0.494 e. The minimum Gasteiger partial charge on any atom is -0.494 e. The van der Waals surface area contributed by atoms with E-state index in [4.69, 9.17) is 9.47 Å². The normalized spacial score (nSPS) is 11.7. The van der Waals surface area contributed by atoms with Crippen LogP contribution in [-0.4, -0.2) is 30.6 Å². The highest BCUT2D eigenvalue weighted by Gasteiger charge is 2.21. The van der Waals surface area contributed by atoms with Crippen molar-refractivity contribution in [3.05, 3.63) is 59.7 Å². The van der Waals surface area contributed by atoms with Gasteiger partial charge in [-0.05, 0) is 61.4 Å². The summed E-state index contributed by atoms with van der Waals surface area (Å²) < 4.78 is 11.4. The van der Waals surface area contributed by atoms with Crippen molar-refractivity contribution in [1.82, 2.24) is 0 Å². The first kappa shape index (κ1) is 27.3. The molecular weight excluding hydrogens is 428 g/mol. The molecule has 0 radical (unpaired) electrons. The summed E-state index contributed by atoms with van der Waals surface area (Å²) in [5.74, 6) is 1.72. The van der Waals surface area contributed by atoms with Gasteiger partial charge >= 0.3 is 0 Å². The molecule has 0 fully saturated rings. The standard InChI is InChI=1S/C29H38O5/c1-28(2,3)25(30)9-7-19-33-23-15-11-21(12-16-23)27(32)22-13-17-24(18-14-22)34-20-8-10-26(31)29(4,5)6/h11-18H,7-10,19-20H2,1-6H3. The van der Waals surface area contributed by atoms with E-state index in [9.17, 15) is 14.4 Å². The lowest BCUT2D eigenvalue weighted by Crippen LogP contribution is -2.20. The van der Waals surface area contributed by atoms with Gasteiger partial charge in [0.25, 0.3) is 0 Å². The summed E-state index contributed by atoms with van der Waals surface area (Å²) in [5.41, 5.74) is 0.506. The van der Waals surface area contributed by atoms with Crippen LogP contribution in [0.5, 0.6) is 11.5 Å². The van der Waals surface area contributed by atoms with Crippen molar-refractivity contribution < 1.29 is 23.9 Å². The fourth-order valence-electron chi connectivity index (χ4n) is 3.17. The number of Topliss-reactive ketones (excluding diaryl/α,β-unsaturated/α-hetero) is 2. The van der Waals surface area contributed by atoms with Crippen molar-refractivity contribution >= 4 is 17.3 Å². The molecule has 0 aromatic heterocycles. The molecule has 0 saturated heterocycles. The molecule has 0 aliphatic heterocycles. The van der Waals surface area contributed by atoms with Crippen LogP contribution in [0.15, 0.2) is 48.5 Å². The van der Waals surface area contributed by atoms with Gasteiger partial charge in [-0.1, -0.05) is 41.5 Å². The monoisotopic (exact) mass is 466 g/mol. The van der Waals surface area contributed by atoms with E-state index in [2.05, 4.69) is 0 Å². The molecule has 0 amide bonds. The third-order valence-electron chi connectivity index (χ3n) is 5.54. The van der Waals surface area contributed by atoms with Crippen LogP contribution < -0.4 is 9.47 Å². The molecule has 0 unspecified atom stereocenters. The fraction of sp³-hybridized carbons (Fsp3) is 0.483. The lowest BCUT2D eigenvalue weighted by molar-refractivity contribution is -0.127. The van der Waals surface area contributed by atoms with Crippen LogP contribution in [0.25, 0.3) is 0 Å². The van der Waals surface area contributed by atoms with E-state index >= 15 is 0 Å². The molecule has 5 nitrogen and oxygen atoms in total. The van der Waals surface area contributed by atoms with E-state index in [1.807, 2.05) is 41.5 Å². The first-order valence-corrected chi connectivity index (χ1v) is 11.9. The third kappa shape index (κ3) is 8.77. The molecule has 2 aromatic rings. The molecule has 0 N–H and O–H groups in total. The second-order valence-electron chi connectivity index (χ2n) is 10.6. The highest BCUT2D eigenvalue weighted by molar-refractivity contribution is 6.09. The Hall–Kier alpha value is -2.95. The van der Waals surface area contributed by atoms with Gasteiger partial charge in [0.15, 0.2) is 5.78 Å². The molecule has 0 bridgehead atoms. The first-order valence-electron chi connectivity index (χ1n) is 11.9. The van der Waals surface area contributed by atoms with Gasteiger partial charge in [-0.25, -0.2) is 0 Å². The SMILES string of the molecule is CC(C)(C)C(=O)CCCOc1ccc(C(=O)c2ccc(OCCCC(=O)C(C)(C)C)cc2)cc1. The molecule has 2 rings (SSSR count). The number of hydrogen-bond donors (Lipinski definition) is 0. The van der Waals surface area contributed by atoms with Crippen LogP contribution in [0, 0.1) is 10.8 Å². The summed E-state index contributed by atoms with van der Waals surface area (Å²) in [7, 11) is 0. The van der Waals surface area contributed by atoms with Gasteiger partial charge in [-0.15, -0.1) is 0 Å². The van der Waals surface area contributed by atoms with Crippen LogP contribution in [0.4, 0.5) is 0 Å². The zero-order valence-corrected chi connectivity index (χ0v) is 21.4. The Bertz CT molecular complexity index is 878. The predicted molar refractivity (Wildman–Crippen MR) is 135 cm³/mol. The highest BCUT2D eigenvalue weighted by atomic mass is 16.5. The average Bonchev–Trinajstić information content (AvgIpc) is 2.78. The van der Waals surface area contributed by atoms with Crippen molar-refractivity contribution in [3.8, 4) is 11.5 Å². The first-order chi connectivity index (χ1) is 15.9. The molecule has 0 heterocycles. The molecular formula is C29H38O5. The Morgan fingerprint density at radius 3 is 1.21 bits per heavy atom. The van der Waals surface area contributed by atoms with Gasteiger partial charge in [0, 0.05) is 34.8 Å². The van der Waals surface area contributed by atoms with Crippen molar-refractivity contribution in [2.45, 2.75) is 67.2 Å². The van der Waals surface area contributed by atoms with E-state index in [1.54, 1.807) is 48.5 Å². The minimum atomic E-state index is -0.321. The molecule has 0 aliphatic rings. The van der Waals surface area contributed by atoms with Crippen LogP contribution in [0.3, 0.4) is 0 Å². The molecule has 0 spiro atoms. The van der Waals surface area contributed by atoms with Gasteiger partial charge in [0.2, 0.25) is 0 Å². The van der Waals surface area contributed by atoms with Gasteiger partial charge in [0.1, 0.15) is 23.1 Å². The summed E-state index contributed by atoms with van der Waals surface area (Å²) >= 11 is 0. The topological polar surface area (TPSA) is 69.7 Å². The van der Waals surface area contributed by atoms with Crippen LogP contribution in [0.2, 0.25) is 0 Å². The van der Waals surface area contributed by atoms with E-state index < -0.39 is 0 Å². The molecule has 0 saturated carbocycles. The Balaban J connectivity index is 1.80. The Kier molecular flexibility index (Phi) is 9.60. The zero-order valence-electron chi connectivity index (χ0n) is 21.4. The lowest BCUT2D eigenvalue weighted by Gasteiger charge is -2.16. The quantitative estimate of drug-likeness (QED) is 0.265. The maximum atomic E-state index is 12.8. The van der Waals surface area contributed by atoms with Gasteiger partial charge < -0.3 is 9.47 Å². The number of benzene rings is 2. The van der Waals surface area contributed by atoms with E-state index in [0.717, 1.165) is 0 Å². The van der Waals surface area contributed by atoms with Crippen molar-refractivity contribution in [2.24, 2.45) is 10.8 Å². The number of carbonyl (C=O) groups is 3. The molecule has 184 valence electrons. The van der Waals surface area contributed by atoms with Gasteiger partial charge in [-0.3, -0.25) is 14.4 Å². The van der Waals surface area contributed by atoms with Crippen LogP contribution in [0.1, 0.15) is 83.1 Å². The zero-order chi connectivity index (χ0) is 25.4. The maximum Gasteiger partial charge on any atom is 0.193 e. The summed E-state index contributed by atoms with van der Waals surface area (Å²) in [4.78, 5) is 36.7. The molecule has 5 heteroatoms. The van der Waals surface area contributed by atoms with E-state index in [1.165, 1.54) is 0 Å². The average molecular weight is 467 g/mol. The van der Waals surface area contributed by atoms with Crippen molar-refractivity contribution in [3.63, 3.8) is 0 Å². The molecule has 34 heavy (non-hydrogen) atoms. The Morgan fingerprint density at radius 2 is 0.912 bits per heavy atom. The number of rotatable bonds is 12. The summed E-state index contributed by atoms with van der Waals surface area (Å²) in [6, 6.07) is 14.1. The second kappa shape index (κ2) is 12.0. The molecule has 0 aliphatic carbocycles. The van der Waals surface area contributed by atoms with Gasteiger partial charge in [-0.2, -0.15) is 0 Å². The summed E-state index contributed by atoms with van der Waals surface area (Å²) in [5, 5.41) is 0.